The van der Waals surface area contributed by atoms with Crippen molar-refractivity contribution in [3.8, 4) is 11.8 Å². The van der Waals surface area contributed by atoms with Crippen LogP contribution in [-0.4, -0.2) is 59.8 Å². The molecule has 178 valence electrons. The van der Waals surface area contributed by atoms with Gasteiger partial charge in [-0.1, -0.05) is 0 Å². The maximum absolute atomic E-state index is 13.1. The standard InChI is InChI=1S/C24H31N3O6/c1-23(2,3)33-21(29)24(4)15-26(22(30)31)11-9-17(24)6-5-10-27-18-12-16(13-25)7-8-19(18)32-14-20(27)28/h7-8,12,17H,5-6,9-11,14-15H2,1-4H3,(H,30,31). The van der Waals surface area contributed by atoms with E-state index in [1.54, 1.807) is 50.8 Å². The van der Waals surface area contributed by atoms with Crippen LogP contribution in [0, 0.1) is 22.7 Å². The summed E-state index contributed by atoms with van der Waals surface area (Å²) in [6.45, 7) is 7.92. The number of nitrogens with zero attached hydrogens (tertiary/aromatic N) is 3. The van der Waals surface area contributed by atoms with Crippen molar-refractivity contribution in [3.05, 3.63) is 23.8 Å². The number of rotatable bonds is 5. The lowest BCUT2D eigenvalue weighted by Crippen LogP contribution is -2.54. The highest BCUT2D eigenvalue weighted by Crippen LogP contribution is 2.41. The van der Waals surface area contributed by atoms with E-state index in [0.29, 0.717) is 49.4 Å². The largest absolute Gasteiger partial charge is 0.482 e. The summed E-state index contributed by atoms with van der Waals surface area (Å²) in [5.41, 5.74) is -0.653. The molecule has 0 aromatic heterocycles. The van der Waals surface area contributed by atoms with Gasteiger partial charge in [0, 0.05) is 19.6 Å². The Morgan fingerprint density at radius 3 is 2.73 bits per heavy atom. The van der Waals surface area contributed by atoms with Crippen molar-refractivity contribution in [3.63, 3.8) is 0 Å². The Kier molecular flexibility index (Phi) is 6.86. The average Bonchev–Trinajstić information content (AvgIpc) is 2.74. The second-order valence-electron chi connectivity index (χ2n) is 9.88. The molecule has 2 unspecified atom stereocenters. The zero-order chi connectivity index (χ0) is 24.4. The number of likely N-dealkylation sites (tertiary alicyclic amines) is 1. The van der Waals surface area contributed by atoms with Crippen LogP contribution < -0.4 is 9.64 Å². The van der Waals surface area contributed by atoms with Crippen LogP contribution in [0.3, 0.4) is 0 Å². The van der Waals surface area contributed by atoms with E-state index < -0.39 is 23.1 Å². The SMILES string of the molecule is CC(C)(C)OC(=O)C1(C)CN(C(=O)O)CCC1CCCN1C(=O)COc2ccc(C#N)cc21. The highest BCUT2D eigenvalue weighted by Gasteiger charge is 2.48. The third kappa shape index (κ3) is 5.38. The summed E-state index contributed by atoms with van der Waals surface area (Å²) in [5, 5.41) is 18.7. The number of hydrogen-bond acceptors (Lipinski definition) is 6. The average molecular weight is 458 g/mol. The number of anilines is 1. The number of fused-ring (bicyclic) bond motifs is 1. The minimum atomic E-state index is -1.05. The van der Waals surface area contributed by atoms with E-state index in [1.807, 2.05) is 0 Å². The summed E-state index contributed by atoms with van der Waals surface area (Å²) in [6.07, 6.45) is 0.722. The van der Waals surface area contributed by atoms with Gasteiger partial charge in [-0.25, -0.2) is 4.79 Å². The van der Waals surface area contributed by atoms with E-state index >= 15 is 0 Å². The summed E-state index contributed by atoms with van der Waals surface area (Å²) in [5.74, 6) is -0.128. The van der Waals surface area contributed by atoms with Crippen LogP contribution in [0.5, 0.6) is 5.75 Å². The van der Waals surface area contributed by atoms with E-state index in [9.17, 15) is 24.8 Å². The van der Waals surface area contributed by atoms with E-state index in [1.165, 1.54) is 4.90 Å². The Labute approximate surface area is 193 Å². The van der Waals surface area contributed by atoms with Gasteiger partial charge in [0.25, 0.3) is 5.91 Å². The predicted molar refractivity (Wildman–Crippen MR) is 120 cm³/mol. The fourth-order valence-electron chi connectivity index (χ4n) is 4.50. The molecule has 1 aromatic carbocycles. The lowest BCUT2D eigenvalue weighted by Gasteiger charge is -2.44. The van der Waals surface area contributed by atoms with Gasteiger partial charge in [0.1, 0.15) is 11.4 Å². The van der Waals surface area contributed by atoms with Gasteiger partial charge < -0.3 is 24.4 Å². The Bertz CT molecular complexity index is 979. The van der Waals surface area contributed by atoms with Crippen LogP contribution >= 0.6 is 0 Å². The molecule has 1 aromatic rings. The van der Waals surface area contributed by atoms with E-state index in [4.69, 9.17) is 9.47 Å². The van der Waals surface area contributed by atoms with Gasteiger partial charge in [0.2, 0.25) is 0 Å². The number of ether oxygens (including phenoxy) is 2. The van der Waals surface area contributed by atoms with Crippen molar-refractivity contribution in [2.24, 2.45) is 11.3 Å². The Hall–Kier alpha value is -3.28. The molecule has 9 heteroatoms. The van der Waals surface area contributed by atoms with Crippen LogP contribution in [0.25, 0.3) is 0 Å². The van der Waals surface area contributed by atoms with Crippen LogP contribution in [0.1, 0.15) is 52.5 Å². The molecule has 2 atom stereocenters. The van der Waals surface area contributed by atoms with Crippen LogP contribution in [0.2, 0.25) is 0 Å². The zero-order valence-electron chi connectivity index (χ0n) is 19.6. The number of benzene rings is 1. The minimum Gasteiger partial charge on any atom is -0.482 e. The molecular formula is C24H31N3O6. The number of piperidine rings is 1. The third-order valence-electron chi connectivity index (χ3n) is 6.27. The molecule has 1 N–H and O–H groups in total. The summed E-state index contributed by atoms with van der Waals surface area (Å²) in [7, 11) is 0. The molecule has 0 spiro atoms. The molecule has 2 amide bonds. The lowest BCUT2D eigenvalue weighted by atomic mass is 9.70. The molecule has 0 aliphatic carbocycles. The number of amides is 2. The number of esters is 1. The fraction of sp³-hybridized carbons (Fsp3) is 0.583. The lowest BCUT2D eigenvalue weighted by molar-refractivity contribution is -0.174. The van der Waals surface area contributed by atoms with Crippen LogP contribution in [0.4, 0.5) is 10.5 Å². The first-order valence-electron chi connectivity index (χ1n) is 11.1. The minimum absolute atomic E-state index is 0.0640. The molecule has 0 bridgehead atoms. The topological polar surface area (TPSA) is 120 Å². The number of carboxylic acid groups (broad SMARTS) is 1. The third-order valence-corrected chi connectivity index (χ3v) is 6.27. The molecule has 0 saturated carbocycles. The van der Waals surface area contributed by atoms with Crippen molar-refractivity contribution < 1.29 is 29.0 Å². The summed E-state index contributed by atoms with van der Waals surface area (Å²) >= 11 is 0. The Morgan fingerprint density at radius 1 is 1.36 bits per heavy atom. The molecule has 0 radical (unpaired) electrons. The van der Waals surface area contributed by atoms with E-state index in [2.05, 4.69) is 6.07 Å². The first-order chi connectivity index (χ1) is 15.4. The second kappa shape index (κ2) is 9.30. The van der Waals surface area contributed by atoms with Gasteiger partial charge in [-0.3, -0.25) is 9.59 Å². The van der Waals surface area contributed by atoms with Crippen LogP contribution in [-0.2, 0) is 14.3 Å². The van der Waals surface area contributed by atoms with Gasteiger partial charge >= 0.3 is 12.1 Å². The van der Waals surface area contributed by atoms with E-state index in [-0.39, 0.29) is 25.0 Å². The van der Waals surface area contributed by atoms with Gasteiger partial charge in [0.15, 0.2) is 6.61 Å². The molecule has 3 rings (SSSR count). The van der Waals surface area contributed by atoms with E-state index in [0.717, 1.165) is 0 Å². The monoisotopic (exact) mass is 457 g/mol. The highest BCUT2D eigenvalue weighted by molar-refractivity contribution is 5.98. The number of hydrogen-bond donors (Lipinski definition) is 1. The summed E-state index contributed by atoms with van der Waals surface area (Å²) in [4.78, 5) is 40.1. The fourth-order valence-corrected chi connectivity index (χ4v) is 4.50. The van der Waals surface area contributed by atoms with Crippen molar-refractivity contribution in [2.45, 2.75) is 52.6 Å². The molecule has 1 fully saturated rings. The molecule has 1 saturated heterocycles. The van der Waals surface area contributed by atoms with Gasteiger partial charge in [-0.05, 0) is 71.1 Å². The van der Waals surface area contributed by atoms with Crippen molar-refractivity contribution in [1.82, 2.24) is 4.90 Å². The molecule has 9 nitrogen and oxygen atoms in total. The van der Waals surface area contributed by atoms with Crippen molar-refractivity contribution in [1.29, 1.82) is 5.26 Å². The van der Waals surface area contributed by atoms with Crippen LogP contribution in [0.15, 0.2) is 18.2 Å². The van der Waals surface area contributed by atoms with Crippen molar-refractivity contribution in [2.75, 3.05) is 31.1 Å². The summed E-state index contributed by atoms with van der Waals surface area (Å²) in [6, 6.07) is 7.06. The first kappa shape index (κ1) is 24.4. The highest BCUT2D eigenvalue weighted by atomic mass is 16.6. The number of carbonyl (C=O) groups excluding carboxylic acids is 2. The zero-order valence-corrected chi connectivity index (χ0v) is 19.6. The predicted octanol–water partition coefficient (Wildman–Crippen LogP) is 3.41. The first-order valence-corrected chi connectivity index (χ1v) is 11.1. The van der Waals surface area contributed by atoms with Gasteiger partial charge in [-0.15, -0.1) is 0 Å². The molecule has 2 aliphatic heterocycles. The maximum atomic E-state index is 13.1. The quantitative estimate of drug-likeness (QED) is 0.673. The Morgan fingerprint density at radius 2 is 2.09 bits per heavy atom. The van der Waals surface area contributed by atoms with Gasteiger partial charge in [-0.2, -0.15) is 5.26 Å². The molecule has 2 aliphatic rings. The number of carbonyl (C=O) groups is 3. The van der Waals surface area contributed by atoms with Gasteiger partial charge in [0.05, 0.1) is 22.7 Å². The normalized spacial score (nSPS) is 22.8. The molecule has 33 heavy (non-hydrogen) atoms. The summed E-state index contributed by atoms with van der Waals surface area (Å²) < 4.78 is 11.1. The second-order valence-corrected chi connectivity index (χ2v) is 9.88. The smallest absolute Gasteiger partial charge is 0.407 e. The molecule has 2 heterocycles. The van der Waals surface area contributed by atoms with Crippen molar-refractivity contribution >= 4 is 23.7 Å². The molecular weight excluding hydrogens is 426 g/mol. The Balaban J connectivity index is 1.74. The maximum Gasteiger partial charge on any atom is 0.407 e. The number of nitriles is 1.